The number of piperidine rings is 1. The van der Waals surface area contributed by atoms with Crippen molar-refractivity contribution < 1.29 is 13.2 Å². The molecule has 0 unspecified atom stereocenters. The molecule has 0 saturated carbocycles. The first kappa shape index (κ1) is 21.8. The van der Waals surface area contributed by atoms with Crippen molar-refractivity contribution in [2.45, 2.75) is 51.3 Å². The molecule has 0 atom stereocenters. The van der Waals surface area contributed by atoms with Crippen LogP contribution < -0.4 is 0 Å². The van der Waals surface area contributed by atoms with E-state index in [0.29, 0.717) is 37.4 Å². The molecular formula is C21H32N4O3S. The van der Waals surface area contributed by atoms with Crippen LogP contribution in [0.25, 0.3) is 11.0 Å². The van der Waals surface area contributed by atoms with E-state index in [0.717, 1.165) is 37.3 Å². The van der Waals surface area contributed by atoms with Crippen molar-refractivity contribution >= 4 is 27.0 Å². The van der Waals surface area contributed by atoms with E-state index in [-0.39, 0.29) is 10.8 Å². The van der Waals surface area contributed by atoms with E-state index in [9.17, 15) is 13.2 Å². The highest BCUT2D eigenvalue weighted by Gasteiger charge is 2.23. The Kier molecular flexibility index (Phi) is 6.63. The van der Waals surface area contributed by atoms with Gasteiger partial charge in [-0.05, 0) is 37.0 Å². The van der Waals surface area contributed by atoms with Crippen molar-refractivity contribution in [3.63, 3.8) is 0 Å². The van der Waals surface area contributed by atoms with Crippen LogP contribution in [0.2, 0.25) is 0 Å². The number of fused-ring (bicyclic) bond motifs is 1. The number of aromatic nitrogens is 2. The molecule has 0 spiro atoms. The molecule has 1 aliphatic heterocycles. The molecule has 0 bridgehead atoms. The number of imidazole rings is 1. The van der Waals surface area contributed by atoms with Crippen LogP contribution in [-0.2, 0) is 28.3 Å². The van der Waals surface area contributed by atoms with Gasteiger partial charge in [0.1, 0.15) is 5.82 Å². The van der Waals surface area contributed by atoms with Crippen LogP contribution in [0.3, 0.4) is 0 Å². The molecule has 2 heterocycles. The summed E-state index contributed by atoms with van der Waals surface area (Å²) >= 11 is 0. The lowest BCUT2D eigenvalue weighted by atomic mass is 9.99. The first-order valence-electron chi connectivity index (χ1n) is 10.5. The molecule has 0 aliphatic carbocycles. The Hall–Kier alpha value is -1.93. The molecule has 29 heavy (non-hydrogen) atoms. The third-order valence-corrected chi connectivity index (χ3v) is 8.03. The van der Waals surface area contributed by atoms with Crippen LogP contribution in [0.1, 0.15) is 45.9 Å². The summed E-state index contributed by atoms with van der Waals surface area (Å²) in [5.41, 5.74) is 1.52. The van der Waals surface area contributed by atoms with Crippen molar-refractivity contribution in [1.82, 2.24) is 18.8 Å². The fourth-order valence-corrected chi connectivity index (χ4v) is 5.44. The third kappa shape index (κ3) is 4.48. The number of hydrogen-bond donors (Lipinski definition) is 0. The van der Waals surface area contributed by atoms with Gasteiger partial charge in [-0.1, -0.05) is 20.8 Å². The highest BCUT2D eigenvalue weighted by Crippen LogP contribution is 2.23. The van der Waals surface area contributed by atoms with E-state index in [1.807, 2.05) is 30.4 Å². The van der Waals surface area contributed by atoms with Crippen LogP contribution >= 0.6 is 0 Å². The topological polar surface area (TPSA) is 75.5 Å². The summed E-state index contributed by atoms with van der Waals surface area (Å²) in [5.74, 6) is 1.67. The predicted molar refractivity (Wildman–Crippen MR) is 114 cm³/mol. The maximum absolute atomic E-state index is 12.8. The second-order valence-corrected chi connectivity index (χ2v) is 9.83. The Morgan fingerprint density at radius 2 is 1.86 bits per heavy atom. The van der Waals surface area contributed by atoms with E-state index in [2.05, 4.69) is 11.9 Å². The van der Waals surface area contributed by atoms with Crippen molar-refractivity contribution in [3.05, 3.63) is 24.0 Å². The van der Waals surface area contributed by atoms with E-state index in [4.69, 9.17) is 0 Å². The van der Waals surface area contributed by atoms with Crippen molar-refractivity contribution in [3.8, 4) is 0 Å². The normalized spacial score (nSPS) is 16.1. The Bertz CT molecular complexity index is 971. The molecule has 3 rings (SSSR count). The minimum Gasteiger partial charge on any atom is -0.343 e. The van der Waals surface area contributed by atoms with Gasteiger partial charge in [-0.25, -0.2) is 13.4 Å². The summed E-state index contributed by atoms with van der Waals surface area (Å²) in [6.45, 7) is 8.45. The molecule has 1 saturated heterocycles. The predicted octanol–water partition coefficient (Wildman–Crippen LogP) is 2.79. The number of rotatable bonds is 7. The van der Waals surface area contributed by atoms with Crippen molar-refractivity contribution in [2.75, 3.05) is 26.2 Å². The fraction of sp³-hybridized carbons (Fsp3) is 0.619. The summed E-state index contributed by atoms with van der Waals surface area (Å²) < 4.78 is 29.0. The number of benzene rings is 1. The smallest absolute Gasteiger partial charge is 0.243 e. The van der Waals surface area contributed by atoms with Crippen LogP contribution in [-0.4, -0.2) is 59.3 Å². The van der Waals surface area contributed by atoms with Gasteiger partial charge in [0.2, 0.25) is 15.9 Å². The maximum atomic E-state index is 12.8. The molecule has 1 aromatic heterocycles. The van der Waals surface area contributed by atoms with Gasteiger partial charge in [0.25, 0.3) is 0 Å². The zero-order valence-corrected chi connectivity index (χ0v) is 18.7. The number of likely N-dealkylation sites (tertiary alicyclic amines) is 1. The number of nitrogens with zero attached hydrogens (tertiary/aromatic N) is 4. The van der Waals surface area contributed by atoms with Crippen molar-refractivity contribution in [2.24, 2.45) is 13.0 Å². The summed E-state index contributed by atoms with van der Waals surface area (Å²) in [6.07, 6.45) is 3.12. The summed E-state index contributed by atoms with van der Waals surface area (Å²) in [6, 6.07) is 5.08. The molecule has 160 valence electrons. The van der Waals surface area contributed by atoms with Gasteiger partial charge in [-0.3, -0.25) is 4.79 Å². The average molecular weight is 421 g/mol. The molecule has 0 radical (unpaired) electrons. The summed E-state index contributed by atoms with van der Waals surface area (Å²) in [5, 5.41) is 0. The Balaban J connectivity index is 1.77. The third-order valence-electron chi connectivity index (χ3n) is 5.99. The molecular weight excluding hydrogens is 388 g/mol. The lowest BCUT2D eigenvalue weighted by Crippen LogP contribution is -2.38. The molecule has 2 aromatic rings. The number of sulfonamides is 1. The van der Waals surface area contributed by atoms with Crippen LogP contribution in [0.4, 0.5) is 0 Å². The second-order valence-electron chi connectivity index (χ2n) is 7.89. The molecule has 7 nitrogen and oxygen atoms in total. The lowest BCUT2D eigenvalue weighted by Gasteiger charge is -2.30. The standard InChI is InChI=1S/C21H32N4O3S/c1-5-25(6-2)29(27,28)17-7-8-19-18(15-17)22-20(23(19)4)9-10-21(26)24-13-11-16(3)12-14-24/h7-8,15-16H,5-6,9-14H2,1-4H3. The average Bonchev–Trinajstić information content (AvgIpc) is 3.02. The first-order chi connectivity index (χ1) is 13.8. The minimum atomic E-state index is -3.52. The lowest BCUT2D eigenvalue weighted by molar-refractivity contribution is -0.132. The second kappa shape index (κ2) is 8.83. The quantitative estimate of drug-likeness (QED) is 0.690. The molecule has 1 amide bonds. The van der Waals surface area contributed by atoms with Gasteiger partial charge in [-0.15, -0.1) is 0 Å². The van der Waals surface area contributed by atoms with Gasteiger partial charge < -0.3 is 9.47 Å². The first-order valence-corrected chi connectivity index (χ1v) is 11.9. The molecule has 1 aromatic carbocycles. The Labute approximate surface area is 173 Å². The van der Waals surface area contributed by atoms with Gasteiger partial charge in [-0.2, -0.15) is 4.31 Å². The molecule has 8 heteroatoms. The SMILES string of the molecule is CCN(CC)S(=O)(=O)c1ccc2c(c1)nc(CCC(=O)N1CCC(C)CC1)n2C. The Morgan fingerprint density at radius 1 is 1.21 bits per heavy atom. The highest BCUT2D eigenvalue weighted by atomic mass is 32.2. The van der Waals surface area contributed by atoms with E-state index < -0.39 is 10.0 Å². The number of carbonyl (C=O) groups excluding carboxylic acids is 1. The van der Waals surface area contributed by atoms with Gasteiger partial charge in [0, 0.05) is 46.1 Å². The van der Waals surface area contributed by atoms with Crippen LogP contribution in [0, 0.1) is 5.92 Å². The van der Waals surface area contributed by atoms with Gasteiger partial charge >= 0.3 is 0 Å². The maximum Gasteiger partial charge on any atom is 0.243 e. The number of amides is 1. The largest absolute Gasteiger partial charge is 0.343 e. The zero-order chi connectivity index (χ0) is 21.2. The molecule has 0 N–H and O–H groups in total. The van der Waals surface area contributed by atoms with E-state index in [1.165, 1.54) is 4.31 Å². The number of hydrogen-bond acceptors (Lipinski definition) is 4. The molecule has 1 fully saturated rings. The zero-order valence-electron chi connectivity index (χ0n) is 17.9. The van der Waals surface area contributed by atoms with E-state index in [1.54, 1.807) is 18.2 Å². The summed E-state index contributed by atoms with van der Waals surface area (Å²) in [4.78, 5) is 19.4. The minimum absolute atomic E-state index is 0.175. The van der Waals surface area contributed by atoms with Crippen molar-refractivity contribution in [1.29, 1.82) is 0 Å². The number of aryl methyl sites for hydroxylation is 2. The van der Waals surface area contributed by atoms with Gasteiger partial charge in [0.05, 0.1) is 15.9 Å². The van der Waals surface area contributed by atoms with Crippen LogP contribution in [0.5, 0.6) is 0 Å². The summed E-state index contributed by atoms with van der Waals surface area (Å²) in [7, 11) is -1.60. The highest BCUT2D eigenvalue weighted by molar-refractivity contribution is 7.89. The van der Waals surface area contributed by atoms with Gasteiger partial charge in [0.15, 0.2) is 0 Å². The monoisotopic (exact) mass is 420 g/mol. The van der Waals surface area contributed by atoms with Crippen LogP contribution in [0.15, 0.2) is 23.1 Å². The Morgan fingerprint density at radius 3 is 2.48 bits per heavy atom. The fourth-order valence-electron chi connectivity index (χ4n) is 3.96. The molecule has 1 aliphatic rings. The van der Waals surface area contributed by atoms with E-state index >= 15 is 0 Å². The number of carbonyl (C=O) groups is 1.